The van der Waals surface area contributed by atoms with Crippen LogP contribution in [-0.2, 0) is 21.3 Å². The van der Waals surface area contributed by atoms with Gasteiger partial charge in [0.2, 0.25) is 0 Å². The third kappa shape index (κ3) is 2.32. The summed E-state index contributed by atoms with van der Waals surface area (Å²) >= 11 is 0. The van der Waals surface area contributed by atoms with Crippen molar-refractivity contribution < 1.29 is 9.47 Å². The number of hydrogen-bond donors (Lipinski definition) is 1. The summed E-state index contributed by atoms with van der Waals surface area (Å²) < 4.78 is 12.1. The Labute approximate surface area is 139 Å². The van der Waals surface area contributed by atoms with E-state index in [1.807, 2.05) is 0 Å². The second kappa shape index (κ2) is 5.49. The molecule has 1 aliphatic heterocycles. The highest BCUT2D eigenvalue weighted by atomic mass is 16.7. The average Bonchev–Trinajstić information content (AvgIpc) is 2.93. The second-order valence-electron chi connectivity index (χ2n) is 7.78. The molecule has 1 heterocycles. The lowest BCUT2D eigenvalue weighted by molar-refractivity contribution is -0.199. The van der Waals surface area contributed by atoms with Gasteiger partial charge in [-0.15, -0.1) is 0 Å². The van der Waals surface area contributed by atoms with Gasteiger partial charge in [0.05, 0.1) is 13.2 Å². The van der Waals surface area contributed by atoms with E-state index >= 15 is 0 Å². The average molecular weight is 315 g/mol. The van der Waals surface area contributed by atoms with Gasteiger partial charge in [-0.1, -0.05) is 13.0 Å². The van der Waals surface area contributed by atoms with Gasteiger partial charge >= 0.3 is 0 Å². The molecule has 3 heteroatoms. The van der Waals surface area contributed by atoms with Gasteiger partial charge in [0.25, 0.3) is 0 Å². The van der Waals surface area contributed by atoms with Crippen LogP contribution in [0.4, 0.5) is 5.69 Å². The first-order chi connectivity index (χ1) is 11.1. The summed E-state index contributed by atoms with van der Waals surface area (Å²) in [6, 6.07) is 4.64. The van der Waals surface area contributed by atoms with Crippen LogP contribution < -0.4 is 5.73 Å². The molecule has 3 aliphatic rings. The van der Waals surface area contributed by atoms with Crippen molar-refractivity contribution in [3.8, 4) is 0 Å². The van der Waals surface area contributed by atoms with Crippen LogP contribution >= 0.6 is 0 Å². The maximum atomic E-state index is 6.20. The Bertz CT molecular complexity index is 606. The molecular formula is C20H29NO2. The standard InChI is InChI=1S/C20H29NO2/c1-3-19-7-8-20(22-9-10-23-20)13-16(19)6-4-5-15-12-18(21)14(2)11-17(15)19/h11-12,16H,3-10,13,21H2,1-2H3/t16-,19+/m1/s1. The van der Waals surface area contributed by atoms with Crippen molar-refractivity contribution in [3.05, 3.63) is 28.8 Å². The van der Waals surface area contributed by atoms with Crippen molar-refractivity contribution >= 4 is 5.69 Å². The zero-order valence-electron chi connectivity index (χ0n) is 14.5. The Balaban J connectivity index is 1.78. The predicted molar refractivity (Wildman–Crippen MR) is 92.5 cm³/mol. The van der Waals surface area contributed by atoms with E-state index in [2.05, 4.69) is 26.0 Å². The number of nitrogen functional groups attached to an aromatic ring is 1. The van der Waals surface area contributed by atoms with Gasteiger partial charge < -0.3 is 15.2 Å². The molecule has 0 radical (unpaired) electrons. The molecule has 1 spiro atoms. The molecule has 2 N–H and O–H groups in total. The van der Waals surface area contributed by atoms with Crippen LogP contribution in [0.15, 0.2) is 12.1 Å². The van der Waals surface area contributed by atoms with Crippen LogP contribution in [0.5, 0.6) is 0 Å². The van der Waals surface area contributed by atoms with Crippen LogP contribution in [0.2, 0.25) is 0 Å². The summed E-state index contributed by atoms with van der Waals surface area (Å²) in [5.41, 5.74) is 11.7. The smallest absolute Gasteiger partial charge is 0.168 e. The molecule has 0 aromatic heterocycles. The Morgan fingerprint density at radius 2 is 2.00 bits per heavy atom. The predicted octanol–water partition coefficient (Wildman–Crippen LogP) is 4.10. The van der Waals surface area contributed by atoms with E-state index in [0.717, 1.165) is 38.2 Å². The van der Waals surface area contributed by atoms with Gasteiger partial charge in [-0.2, -0.15) is 0 Å². The van der Waals surface area contributed by atoms with Crippen LogP contribution in [-0.4, -0.2) is 19.0 Å². The van der Waals surface area contributed by atoms with Gasteiger partial charge in [-0.25, -0.2) is 0 Å². The number of ether oxygens (including phenoxy) is 2. The fraction of sp³-hybridized carbons (Fsp3) is 0.700. The van der Waals surface area contributed by atoms with Gasteiger partial charge in [0, 0.05) is 18.5 Å². The monoisotopic (exact) mass is 315 g/mol. The van der Waals surface area contributed by atoms with E-state index in [-0.39, 0.29) is 11.2 Å². The van der Waals surface area contributed by atoms with Crippen molar-refractivity contribution in [1.82, 2.24) is 0 Å². The third-order valence-electron chi connectivity index (χ3n) is 6.76. The Kier molecular flexibility index (Phi) is 3.69. The number of aryl methyl sites for hydroxylation is 2. The quantitative estimate of drug-likeness (QED) is 0.793. The summed E-state index contributed by atoms with van der Waals surface area (Å²) in [6.45, 7) is 6.03. The van der Waals surface area contributed by atoms with Crippen molar-refractivity contribution in [1.29, 1.82) is 0 Å². The highest BCUT2D eigenvalue weighted by Crippen LogP contribution is 2.55. The largest absolute Gasteiger partial charge is 0.399 e. The summed E-state index contributed by atoms with van der Waals surface area (Å²) in [6.07, 6.45) is 8.14. The normalized spacial score (nSPS) is 32.3. The zero-order valence-corrected chi connectivity index (χ0v) is 14.5. The van der Waals surface area contributed by atoms with E-state index in [1.165, 1.54) is 36.8 Å². The van der Waals surface area contributed by atoms with Gasteiger partial charge in [0.1, 0.15) is 0 Å². The first kappa shape index (κ1) is 15.5. The van der Waals surface area contributed by atoms with Crippen molar-refractivity contribution in [2.24, 2.45) is 5.92 Å². The highest BCUT2D eigenvalue weighted by molar-refractivity contribution is 5.54. The zero-order chi connectivity index (χ0) is 16.1. The Morgan fingerprint density at radius 1 is 1.22 bits per heavy atom. The van der Waals surface area contributed by atoms with E-state index in [1.54, 1.807) is 5.56 Å². The molecule has 1 aromatic carbocycles. The first-order valence-corrected chi connectivity index (χ1v) is 9.26. The number of rotatable bonds is 1. The van der Waals surface area contributed by atoms with Gasteiger partial charge in [-0.3, -0.25) is 0 Å². The van der Waals surface area contributed by atoms with Crippen LogP contribution in [0.25, 0.3) is 0 Å². The Hall–Kier alpha value is -1.06. The number of hydrogen-bond acceptors (Lipinski definition) is 3. The highest BCUT2D eigenvalue weighted by Gasteiger charge is 2.52. The van der Waals surface area contributed by atoms with Gasteiger partial charge in [-0.05, 0) is 73.1 Å². The molecule has 0 amide bonds. The minimum atomic E-state index is -0.281. The molecule has 2 fully saturated rings. The molecule has 0 bridgehead atoms. The lowest BCUT2D eigenvalue weighted by Crippen LogP contribution is -2.48. The second-order valence-corrected chi connectivity index (χ2v) is 7.78. The molecule has 4 rings (SSSR count). The van der Waals surface area contributed by atoms with E-state index in [0.29, 0.717) is 5.92 Å². The number of nitrogens with two attached hydrogens (primary N) is 1. The summed E-state index contributed by atoms with van der Waals surface area (Å²) in [5.74, 6) is 0.375. The van der Waals surface area contributed by atoms with Crippen molar-refractivity contribution in [3.63, 3.8) is 0 Å². The molecule has 1 aromatic rings. The number of anilines is 1. The lowest BCUT2D eigenvalue weighted by atomic mass is 9.58. The number of benzene rings is 1. The molecule has 126 valence electrons. The SMILES string of the molecule is CC[C@]12CCC3(C[C@H]1CCCc1cc(N)c(C)cc12)OCCO3. The van der Waals surface area contributed by atoms with Gasteiger partial charge in [0.15, 0.2) is 5.79 Å². The molecule has 2 atom stereocenters. The maximum Gasteiger partial charge on any atom is 0.168 e. The minimum Gasteiger partial charge on any atom is -0.399 e. The summed E-state index contributed by atoms with van der Waals surface area (Å²) in [5, 5.41) is 0. The molecule has 0 unspecified atom stereocenters. The molecule has 1 saturated carbocycles. The molecule has 1 saturated heterocycles. The first-order valence-electron chi connectivity index (χ1n) is 9.26. The molecular weight excluding hydrogens is 286 g/mol. The fourth-order valence-electron chi connectivity index (χ4n) is 5.42. The summed E-state index contributed by atoms with van der Waals surface area (Å²) in [4.78, 5) is 0. The fourth-order valence-corrected chi connectivity index (χ4v) is 5.42. The maximum absolute atomic E-state index is 6.20. The van der Waals surface area contributed by atoms with Crippen LogP contribution in [0, 0.1) is 12.8 Å². The lowest BCUT2D eigenvalue weighted by Gasteiger charge is -2.49. The molecule has 2 aliphatic carbocycles. The third-order valence-corrected chi connectivity index (χ3v) is 6.76. The minimum absolute atomic E-state index is 0.281. The molecule has 23 heavy (non-hydrogen) atoms. The van der Waals surface area contributed by atoms with Crippen molar-refractivity contribution in [2.75, 3.05) is 18.9 Å². The van der Waals surface area contributed by atoms with Crippen LogP contribution in [0.1, 0.15) is 62.1 Å². The van der Waals surface area contributed by atoms with Crippen LogP contribution in [0.3, 0.4) is 0 Å². The van der Waals surface area contributed by atoms with E-state index in [4.69, 9.17) is 15.2 Å². The Morgan fingerprint density at radius 3 is 2.74 bits per heavy atom. The van der Waals surface area contributed by atoms with E-state index < -0.39 is 0 Å². The topological polar surface area (TPSA) is 44.5 Å². The number of fused-ring (bicyclic) bond motifs is 3. The van der Waals surface area contributed by atoms with E-state index in [9.17, 15) is 0 Å². The van der Waals surface area contributed by atoms with Crippen molar-refractivity contribution in [2.45, 2.75) is 70.0 Å². The molecule has 3 nitrogen and oxygen atoms in total. The summed E-state index contributed by atoms with van der Waals surface area (Å²) in [7, 11) is 0.